The number of rotatable bonds is 7. The van der Waals surface area contributed by atoms with Crippen molar-refractivity contribution in [2.24, 2.45) is 11.8 Å². The molecule has 1 amide bonds. The third-order valence-electron chi connectivity index (χ3n) is 6.74. The molecule has 1 unspecified atom stereocenters. The fourth-order valence-electron chi connectivity index (χ4n) is 4.53. The number of carbonyl (C=O) groups is 1. The Bertz CT molecular complexity index is 824. The van der Waals surface area contributed by atoms with Crippen LogP contribution in [0.3, 0.4) is 0 Å². The van der Waals surface area contributed by atoms with Gasteiger partial charge in [-0.05, 0) is 76.2 Å². The van der Waals surface area contributed by atoms with Crippen LogP contribution in [0.4, 0.5) is 0 Å². The van der Waals surface area contributed by atoms with Crippen molar-refractivity contribution in [2.45, 2.75) is 52.9 Å². The van der Waals surface area contributed by atoms with E-state index in [-0.39, 0.29) is 5.91 Å². The Labute approximate surface area is 194 Å². The lowest BCUT2D eigenvalue weighted by atomic mass is 9.98. The highest BCUT2D eigenvalue weighted by Gasteiger charge is 2.24. The Morgan fingerprint density at radius 3 is 2.59 bits per heavy atom. The van der Waals surface area contributed by atoms with Gasteiger partial charge in [0.1, 0.15) is 5.75 Å². The molecule has 2 heterocycles. The largest absolute Gasteiger partial charge is 0.493 e. The number of piperidine rings is 1. The van der Waals surface area contributed by atoms with Crippen LogP contribution in [0.5, 0.6) is 5.75 Å². The lowest BCUT2D eigenvalue weighted by Crippen LogP contribution is -2.41. The van der Waals surface area contributed by atoms with Gasteiger partial charge in [-0.25, -0.2) is 0 Å². The molecule has 0 saturated carbocycles. The van der Waals surface area contributed by atoms with Gasteiger partial charge in [0, 0.05) is 43.4 Å². The fraction of sp³-hybridized carbons (Fsp3) is 0.536. The summed E-state index contributed by atoms with van der Waals surface area (Å²) in [5, 5.41) is 0. The Hall–Kier alpha value is -2.49. The maximum absolute atomic E-state index is 12.9. The van der Waals surface area contributed by atoms with Gasteiger partial charge in [0.25, 0.3) is 5.91 Å². The molecule has 0 radical (unpaired) electrons. The first-order valence-corrected chi connectivity index (χ1v) is 12.2. The van der Waals surface area contributed by atoms with Gasteiger partial charge in [-0.15, -0.1) is 0 Å². The molecule has 2 fully saturated rings. The van der Waals surface area contributed by atoms with E-state index in [4.69, 9.17) is 4.74 Å². The van der Waals surface area contributed by atoms with Crippen molar-refractivity contribution in [2.75, 3.05) is 32.8 Å². The van der Waals surface area contributed by atoms with Gasteiger partial charge in [0.05, 0.1) is 6.61 Å². The van der Waals surface area contributed by atoms with E-state index in [9.17, 15) is 4.79 Å². The molecule has 3 rings (SSSR count). The standard InChI is InChI=1S/C28H40N2O2/c1-22-8-6-17-29(19-16-22)25(4)10-5-9-24(3)28(31)30-18-7-11-26(20-30)21-32-27-14-12-23(2)13-15-27/h5,9-10,12-15,22,26H,3,6-8,11,16-21H2,1-2,4H3/b9-5-,25-10+/t22-,26?/m1/s1. The van der Waals surface area contributed by atoms with Crippen LogP contribution >= 0.6 is 0 Å². The number of likely N-dealkylation sites (tertiary alicyclic amines) is 2. The van der Waals surface area contributed by atoms with Crippen LogP contribution in [0.15, 0.2) is 60.3 Å². The number of ether oxygens (including phenoxy) is 1. The Morgan fingerprint density at radius 1 is 1.09 bits per heavy atom. The van der Waals surface area contributed by atoms with Crippen molar-refractivity contribution >= 4 is 5.91 Å². The number of allylic oxidation sites excluding steroid dienone is 3. The highest BCUT2D eigenvalue weighted by Crippen LogP contribution is 2.21. The summed E-state index contributed by atoms with van der Waals surface area (Å²) in [6.45, 7) is 15.0. The Balaban J connectivity index is 1.47. The number of aryl methyl sites for hydroxylation is 1. The molecule has 0 aromatic heterocycles. The molecule has 2 aliphatic heterocycles. The van der Waals surface area contributed by atoms with Crippen molar-refractivity contribution in [3.05, 3.63) is 65.9 Å². The molecule has 2 aliphatic rings. The molecular weight excluding hydrogens is 396 g/mol. The van der Waals surface area contributed by atoms with E-state index >= 15 is 0 Å². The first kappa shape index (κ1) is 24.2. The summed E-state index contributed by atoms with van der Waals surface area (Å²) >= 11 is 0. The summed E-state index contributed by atoms with van der Waals surface area (Å²) in [7, 11) is 0. The minimum atomic E-state index is 0.0379. The SMILES string of the molecule is C=C(/C=C\C=C(/C)N1CCC[C@@H](C)CC1)C(=O)N1CCCC(COc2ccc(C)cc2)C1. The van der Waals surface area contributed by atoms with E-state index in [2.05, 4.69) is 50.5 Å². The minimum Gasteiger partial charge on any atom is -0.493 e. The smallest absolute Gasteiger partial charge is 0.253 e. The average molecular weight is 437 g/mol. The van der Waals surface area contributed by atoms with Crippen LogP contribution in [0.1, 0.15) is 51.5 Å². The predicted octanol–water partition coefficient (Wildman–Crippen LogP) is 5.75. The number of benzene rings is 1. The summed E-state index contributed by atoms with van der Waals surface area (Å²) in [5.41, 5.74) is 3.05. The lowest BCUT2D eigenvalue weighted by Gasteiger charge is -2.32. The lowest BCUT2D eigenvalue weighted by molar-refractivity contribution is -0.128. The minimum absolute atomic E-state index is 0.0379. The van der Waals surface area contributed by atoms with E-state index in [1.807, 2.05) is 29.2 Å². The van der Waals surface area contributed by atoms with Gasteiger partial charge in [-0.2, -0.15) is 0 Å². The summed E-state index contributed by atoms with van der Waals surface area (Å²) in [5.74, 6) is 2.11. The van der Waals surface area contributed by atoms with Crippen molar-refractivity contribution < 1.29 is 9.53 Å². The second-order valence-electron chi connectivity index (χ2n) is 9.60. The molecule has 1 aromatic carbocycles. The van der Waals surface area contributed by atoms with Crippen LogP contribution in [-0.4, -0.2) is 48.5 Å². The van der Waals surface area contributed by atoms with Gasteiger partial charge in [-0.3, -0.25) is 4.79 Å². The molecule has 0 N–H and O–H groups in total. The average Bonchev–Trinajstić information content (AvgIpc) is 3.02. The van der Waals surface area contributed by atoms with Crippen molar-refractivity contribution in [3.63, 3.8) is 0 Å². The summed E-state index contributed by atoms with van der Waals surface area (Å²) < 4.78 is 5.97. The van der Waals surface area contributed by atoms with Crippen molar-refractivity contribution in [1.29, 1.82) is 0 Å². The van der Waals surface area contributed by atoms with E-state index in [0.29, 0.717) is 18.1 Å². The summed E-state index contributed by atoms with van der Waals surface area (Å²) in [6.07, 6.45) is 11.9. The molecule has 4 heteroatoms. The van der Waals surface area contributed by atoms with Crippen LogP contribution in [-0.2, 0) is 4.79 Å². The molecule has 0 bridgehead atoms. The Morgan fingerprint density at radius 2 is 1.81 bits per heavy atom. The molecule has 0 spiro atoms. The van der Waals surface area contributed by atoms with Crippen molar-refractivity contribution in [1.82, 2.24) is 9.80 Å². The van der Waals surface area contributed by atoms with E-state index < -0.39 is 0 Å². The van der Waals surface area contributed by atoms with Gasteiger partial charge < -0.3 is 14.5 Å². The fourth-order valence-corrected chi connectivity index (χ4v) is 4.53. The second-order valence-corrected chi connectivity index (χ2v) is 9.60. The van der Waals surface area contributed by atoms with E-state index in [1.54, 1.807) is 0 Å². The zero-order valence-electron chi connectivity index (χ0n) is 20.2. The van der Waals surface area contributed by atoms with Crippen LogP contribution in [0.2, 0.25) is 0 Å². The molecule has 2 saturated heterocycles. The van der Waals surface area contributed by atoms with Crippen LogP contribution < -0.4 is 4.74 Å². The van der Waals surface area contributed by atoms with Gasteiger partial charge in [0.2, 0.25) is 0 Å². The third-order valence-corrected chi connectivity index (χ3v) is 6.74. The van der Waals surface area contributed by atoms with Gasteiger partial charge in [0.15, 0.2) is 0 Å². The number of nitrogens with zero attached hydrogens (tertiary/aromatic N) is 2. The van der Waals surface area contributed by atoms with Gasteiger partial charge >= 0.3 is 0 Å². The molecule has 0 aliphatic carbocycles. The first-order chi connectivity index (χ1) is 15.4. The van der Waals surface area contributed by atoms with Gasteiger partial charge in [-0.1, -0.05) is 37.3 Å². The third kappa shape index (κ3) is 7.29. The highest BCUT2D eigenvalue weighted by atomic mass is 16.5. The zero-order chi connectivity index (χ0) is 22.9. The zero-order valence-corrected chi connectivity index (χ0v) is 20.2. The highest BCUT2D eigenvalue weighted by molar-refractivity contribution is 5.95. The van der Waals surface area contributed by atoms with E-state index in [1.165, 1.54) is 30.5 Å². The molecule has 1 aromatic rings. The number of amides is 1. The molecule has 4 nitrogen and oxygen atoms in total. The monoisotopic (exact) mass is 436 g/mol. The summed E-state index contributed by atoms with van der Waals surface area (Å²) in [4.78, 5) is 17.3. The summed E-state index contributed by atoms with van der Waals surface area (Å²) in [6, 6.07) is 8.14. The maximum Gasteiger partial charge on any atom is 0.253 e. The molecular formula is C28H40N2O2. The topological polar surface area (TPSA) is 32.8 Å². The van der Waals surface area contributed by atoms with Crippen molar-refractivity contribution in [3.8, 4) is 5.75 Å². The number of hydrogen-bond acceptors (Lipinski definition) is 3. The molecule has 2 atom stereocenters. The van der Waals surface area contributed by atoms with E-state index in [0.717, 1.165) is 50.7 Å². The number of hydrogen-bond donors (Lipinski definition) is 0. The first-order valence-electron chi connectivity index (χ1n) is 12.2. The van der Waals surface area contributed by atoms with Crippen LogP contribution in [0.25, 0.3) is 0 Å². The molecule has 174 valence electrons. The molecule has 32 heavy (non-hydrogen) atoms. The predicted molar refractivity (Wildman–Crippen MR) is 133 cm³/mol. The quantitative estimate of drug-likeness (QED) is 0.403. The maximum atomic E-state index is 12.9. The normalized spacial score (nSPS) is 22.7. The second kappa shape index (κ2) is 11.9. The Kier molecular flexibility index (Phi) is 9.01. The number of carbonyl (C=O) groups excluding carboxylic acids is 1. The van der Waals surface area contributed by atoms with Crippen LogP contribution in [0, 0.1) is 18.8 Å².